The summed E-state index contributed by atoms with van der Waals surface area (Å²) in [6.45, 7) is 5.56. The van der Waals surface area contributed by atoms with Crippen molar-refractivity contribution >= 4 is 33.2 Å². The monoisotopic (exact) mass is 459 g/mol. The lowest BCUT2D eigenvalue weighted by Gasteiger charge is -2.23. The number of nitrogens with zero attached hydrogens (tertiary/aromatic N) is 1. The molecule has 1 heterocycles. The number of carbonyl (C=O) groups excluding carboxylic acids is 1. The minimum atomic E-state index is -4.33. The normalized spacial score (nSPS) is 12.9. The lowest BCUT2D eigenvalue weighted by molar-refractivity contribution is -0.129. The maximum Gasteiger partial charge on any atom is 0.357 e. The van der Waals surface area contributed by atoms with Crippen LogP contribution in [0.25, 0.3) is 10.6 Å². The molecule has 3 aromatic rings. The molecule has 0 saturated heterocycles. The van der Waals surface area contributed by atoms with Crippen molar-refractivity contribution in [3.8, 4) is 10.6 Å². The van der Waals surface area contributed by atoms with Crippen molar-refractivity contribution in [2.45, 2.75) is 33.2 Å². The second-order valence-electron chi connectivity index (χ2n) is 8.20. The van der Waals surface area contributed by atoms with E-state index in [1.165, 1.54) is 11.3 Å². The molecule has 0 aliphatic carbocycles. The molecule has 0 aliphatic rings. The Balaban J connectivity index is 1.85. The van der Waals surface area contributed by atoms with Gasteiger partial charge in [-0.05, 0) is 24.1 Å². The average molecular weight is 460 g/mol. The molecule has 1 unspecified atom stereocenters. The molecule has 1 amide bonds. The van der Waals surface area contributed by atoms with Crippen LogP contribution in [-0.4, -0.2) is 23.9 Å². The van der Waals surface area contributed by atoms with Crippen LogP contribution in [0, 0.1) is 5.41 Å². The Morgan fingerprint density at radius 3 is 2.32 bits per heavy atom. The fourth-order valence-electron chi connectivity index (χ4n) is 2.86. The summed E-state index contributed by atoms with van der Waals surface area (Å²) < 4.78 is 32.9. The Hall–Kier alpha value is -2.75. The van der Waals surface area contributed by atoms with E-state index in [9.17, 15) is 13.2 Å². The van der Waals surface area contributed by atoms with Gasteiger partial charge in [0.15, 0.2) is 0 Å². The molecular formula is C22H25N3O4S2. The van der Waals surface area contributed by atoms with E-state index in [0.717, 1.165) is 21.8 Å². The molecule has 1 atom stereocenters. The Morgan fingerprint density at radius 1 is 1.10 bits per heavy atom. The molecule has 9 heteroatoms. The van der Waals surface area contributed by atoms with E-state index in [1.807, 2.05) is 61.2 Å². The van der Waals surface area contributed by atoms with E-state index in [0.29, 0.717) is 6.42 Å². The number of thiazole rings is 1. The van der Waals surface area contributed by atoms with Gasteiger partial charge in [0.1, 0.15) is 5.01 Å². The van der Waals surface area contributed by atoms with E-state index >= 15 is 0 Å². The van der Waals surface area contributed by atoms with Gasteiger partial charge in [0.05, 0.1) is 17.4 Å². The van der Waals surface area contributed by atoms with Gasteiger partial charge in [-0.1, -0.05) is 63.2 Å². The van der Waals surface area contributed by atoms with Crippen LogP contribution in [0.15, 0.2) is 60.0 Å². The van der Waals surface area contributed by atoms with Crippen molar-refractivity contribution in [1.29, 1.82) is 0 Å². The first kappa shape index (κ1) is 22.9. The van der Waals surface area contributed by atoms with Crippen molar-refractivity contribution in [3.63, 3.8) is 0 Å². The molecule has 7 nitrogen and oxygen atoms in total. The molecule has 3 rings (SSSR count). The van der Waals surface area contributed by atoms with Crippen LogP contribution in [0.4, 0.5) is 5.69 Å². The predicted molar refractivity (Wildman–Crippen MR) is 123 cm³/mol. The third kappa shape index (κ3) is 6.61. The van der Waals surface area contributed by atoms with Crippen molar-refractivity contribution in [2.24, 2.45) is 5.41 Å². The summed E-state index contributed by atoms with van der Waals surface area (Å²) in [7, 11) is -4.33. The van der Waals surface area contributed by atoms with Crippen LogP contribution in [-0.2, 0) is 21.5 Å². The Bertz CT molecular complexity index is 1140. The highest BCUT2D eigenvalue weighted by Gasteiger charge is 2.26. The first-order valence-electron chi connectivity index (χ1n) is 9.67. The van der Waals surface area contributed by atoms with Crippen LogP contribution in [0.5, 0.6) is 0 Å². The zero-order valence-electron chi connectivity index (χ0n) is 17.5. The van der Waals surface area contributed by atoms with E-state index < -0.39 is 15.7 Å². The third-order valence-electron chi connectivity index (χ3n) is 4.53. The lowest BCUT2D eigenvalue weighted by atomic mass is 9.94. The number of hydrogen-bond donors (Lipinski definition) is 3. The van der Waals surface area contributed by atoms with E-state index in [2.05, 4.69) is 5.32 Å². The molecule has 31 heavy (non-hydrogen) atoms. The fraction of sp³-hybridized carbons (Fsp3) is 0.273. The van der Waals surface area contributed by atoms with E-state index in [-0.39, 0.29) is 17.6 Å². The standard InChI is InChI=1S/C22H25N3O4S2/c1-22(2,3)21(26)24-18(13-15-9-11-17(12-10-15)25-31(27,28)29)19-14-30-20(23-19)16-7-5-4-6-8-16/h4-12,14,18,25H,13H2,1-3H3,(H,24,26)(H,27,28,29). The Kier molecular flexibility index (Phi) is 6.78. The topological polar surface area (TPSA) is 108 Å². The number of benzene rings is 2. The number of hydrogen-bond acceptors (Lipinski definition) is 5. The SMILES string of the molecule is CC(C)(C)C(=O)NC(Cc1ccc(NS(=O)(=O)O)cc1)c1csc(-c2ccccc2)n1. The largest absolute Gasteiger partial charge is 0.357 e. The summed E-state index contributed by atoms with van der Waals surface area (Å²) >= 11 is 1.52. The minimum Gasteiger partial charge on any atom is -0.347 e. The highest BCUT2D eigenvalue weighted by atomic mass is 32.2. The van der Waals surface area contributed by atoms with Gasteiger partial charge in [-0.3, -0.25) is 14.1 Å². The Labute approximate surface area is 186 Å². The summed E-state index contributed by atoms with van der Waals surface area (Å²) in [6, 6.07) is 16.1. The maximum atomic E-state index is 12.7. The van der Waals surface area contributed by atoms with Crippen molar-refractivity contribution in [1.82, 2.24) is 10.3 Å². The molecule has 0 saturated carbocycles. The molecule has 0 aliphatic heterocycles. The number of aromatic nitrogens is 1. The van der Waals surface area contributed by atoms with Crippen LogP contribution < -0.4 is 10.0 Å². The summed E-state index contributed by atoms with van der Waals surface area (Å²) in [5.41, 5.74) is 2.36. The average Bonchev–Trinajstić information content (AvgIpc) is 3.18. The molecule has 1 aromatic heterocycles. The zero-order valence-corrected chi connectivity index (χ0v) is 19.1. The number of carbonyl (C=O) groups is 1. The van der Waals surface area contributed by atoms with Crippen LogP contribution >= 0.6 is 11.3 Å². The quantitative estimate of drug-likeness (QED) is 0.452. The predicted octanol–water partition coefficient (Wildman–Crippen LogP) is 4.47. The smallest absolute Gasteiger partial charge is 0.347 e. The zero-order chi connectivity index (χ0) is 22.6. The third-order valence-corrected chi connectivity index (χ3v) is 5.93. The van der Waals surface area contributed by atoms with Gasteiger partial charge in [-0.2, -0.15) is 8.42 Å². The fourth-order valence-corrected chi connectivity index (χ4v) is 4.17. The van der Waals surface area contributed by atoms with Crippen molar-refractivity contribution in [2.75, 3.05) is 4.72 Å². The van der Waals surface area contributed by atoms with Gasteiger partial charge in [0.2, 0.25) is 5.91 Å². The van der Waals surface area contributed by atoms with Crippen molar-refractivity contribution in [3.05, 3.63) is 71.2 Å². The molecule has 0 bridgehead atoms. The first-order valence-corrected chi connectivity index (χ1v) is 12.0. The molecule has 2 aromatic carbocycles. The summed E-state index contributed by atoms with van der Waals surface area (Å²) in [5.74, 6) is -0.0866. The minimum absolute atomic E-state index is 0.0866. The second kappa shape index (κ2) is 9.17. The summed E-state index contributed by atoms with van der Waals surface area (Å²) in [6.07, 6.45) is 0.478. The van der Waals surface area contributed by atoms with Gasteiger partial charge < -0.3 is 5.32 Å². The number of amides is 1. The van der Waals surface area contributed by atoms with Gasteiger partial charge >= 0.3 is 10.3 Å². The van der Waals surface area contributed by atoms with E-state index in [1.54, 1.807) is 24.3 Å². The Morgan fingerprint density at radius 2 is 1.74 bits per heavy atom. The second-order valence-corrected chi connectivity index (χ2v) is 10.2. The van der Waals surface area contributed by atoms with Crippen LogP contribution in [0.1, 0.15) is 38.1 Å². The molecule has 164 valence electrons. The van der Waals surface area contributed by atoms with Crippen LogP contribution in [0.2, 0.25) is 0 Å². The molecule has 0 fully saturated rings. The highest BCUT2D eigenvalue weighted by molar-refractivity contribution is 7.87. The molecule has 0 radical (unpaired) electrons. The summed E-state index contributed by atoms with van der Waals surface area (Å²) in [5, 5.41) is 5.92. The molecule has 3 N–H and O–H groups in total. The van der Waals surface area contributed by atoms with Gasteiger partial charge in [-0.25, -0.2) is 4.98 Å². The van der Waals surface area contributed by atoms with Gasteiger partial charge in [-0.15, -0.1) is 11.3 Å². The van der Waals surface area contributed by atoms with Gasteiger partial charge in [0.25, 0.3) is 0 Å². The number of nitrogens with one attached hydrogen (secondary N) is 2. The van der Waals surface area contributed by atoms with Crippen molar-refractivity contribution < 1.29 is 17.8 Å². The first-order chi connectivity index (χ1) is 14.5. The van der Waals surface area contributed by atoms with E-state index in [4.69, 9.17) is 9.54 Å². The number of anilines is 1. The molecule has 0 spiro atoms. The summed E-state index contributed by atoms with van der Waals surface area (Å²) in [4.78, 5) is 17.4. The maximum absolute atomic E-state index is 12.7. The molecular weight excluding hydrogens is 434 g/mol. The lowest BCUT2D eigenvalue weighted by Crippen LogP contribution is -2.38. The number of rotatable bonds is 7. The van der Waals surface area contributed by atoms with Gasteiger partial charge in [0, 0.05) is 16.4 Å². The highest BCUT2D eigenvalue weighted by Crippen LogP contribution is 2.29. The van der Waals surface area contributed by atoms with Crippen LogP contribution in [0.3, 0.4) is 0 Å².